The molecular formula is C28H35N3O4. The van der Waals surface area contributed by atoms with Crippen LogP contribution in [0.5, 0.6) is 5.75 Å². The highest BCUT2D eigenvalue weighted by molar-refractivity contribution is 6.04. The first-order chi connectivity index (χ1) is 16.9. The van der Waals surface area contributed by atoms with Gasteiger partial charge in [0.1, 0.15) is 5.75 Å². The second-order valence-electron chi connectivity index (χ2n) is 9.37. The van der Waals surface area contributed by atoms with Gasteiger partial charge >= 0.3 is 5.97 Å². The minimum atomic E-state index is -0.230. The molecule has 1 saturated heterocycles. The fourth-order valence-electron chi connectivity index (χ4n) is 5.08. The number of rotatable bonds is 7. The Labute approximate surface area is 207 Å². The third kappa shape index (κ3) is 5.56. The van der Waals surface area contributed by atoms with Crippen LogP contribution < -0.4 is 4.74 Å². The first-order valence-electron chi connectivity index (χ1n) is 12.4. The molecule has 35 heavy (non-hydrogen) atoms. The van der Waals surface area contributed by atoms with Crippen molar-refractivity contribution in [2.24, 2.45) is 11.0 Å². The molecule has 1 unspecified atom stereocenters. The number of nitrogens with zero attached hydrogens (tertiary/aromatic N) is 3. The molecule has 2 aliphatic heterocycles. The summed E-state index contributed by atoms with van der Waals surface area (Å²) in [6.07, 6.45) is 2.04. The van der Waals surface area contributed by atoms with Crippen LogP contribution in [0.25, 0.3) is 0 Å². The van der Waals surface area contributed by atoms with E-state index in [0.717, 1.165) is 28.2 Å². The number of methoxy groups -OCH3 is 1. The third-order valence-electron chi connectivity index (χ3n) is 6.92. The molecular weight excluding hydrogens is 442 g/mol. The Kier molecular flexibility index (Phi) is 7.86. The van der Waals surface area contributed by atoms with Crippen molar-refractivity contribution in [1.29, 1.82) is 0 Å². The molecule has 7 heteroatoms. The van der Waals surface area contributed by atoms with Gasteiger partial charge in [0, 0.05) is 17.5 Å². The highest BCUT2D eigenvalue weighted by Gasteiger charge is 2.36. The molecule has 2 aromatic rings. The summed E-state index contributed by atoms with van der Waals surface area (Å²) in [7, 11) is 1.65. The topological polar surface area (TPSA) is 71.4 Å². The number of piperidine rings is 1. The van der Waals surface area contributed by atoms with Crippen molar-refractivity contribution < 1.29 is 19.1 Å². The quantitative estimate of drug-likeness (QED) is 0.557. The number of benzene rings is 2. The average Bonchev–Trinajstić information content (AvgIpc) is 3.29. The van der Waals surface area contributed by atoms with Crippen molar-refractivity contribution in [2.75, 3.05) is 33.4 Å². The van der Waals surface area contributed by atoms with Crippen molar-refractivity contribution in [3.63, 3.8) is 0 Å². The summed E-state index contributed by atoms with van der Waals surface area (Å²) < 4.78 is 10.8. The Bertz CT molecular complexity index is 1110. The monoisotopic (exact) mass is 477 g/mol. The molecule has 1 atom stereocenters. The number of likely N-dealkylation sites (tertiary alicyclic amines) is 1. The zero-order valence-electron chi connectivity index (χ0n) is 21.1. The van der Waals surface area contributed by atoms with Crippen molar-refractivity contribution >= 4 is 17.6 Å². The van der Waals surface area contributed by atoms with E-state index >= 15 is 0 Å². The standard InChI is InChI=1S/C28H35N3O4/c1-5-35-28(33)21-12-14-30(15-13-21)18-27(32)31-25(23-8-6-7-9-26(23)34-4)17-24(29-31)22-11-10-19(2)16-20(22)3/h6-11,16,21,25H,5,12-15,17-18H2,1-4H3. The van der Waals surface area contributed by atoms with Gasteiger partial charge < -0.3 is 9.47 Å². The lowest BCUT2D eigenvalue weighted by atomic mass is 9.94. The summed E-state index contributed by atoms with van der Waals surface area (Å²) in [6, 6.07) is 13.9. The molecule has 1 fully saturated rings. The number of amides is 1. The maximum Gasteiger partial charge on any atom is 0.309 e. The van der Waals surface area contributed by atoms with Gasteiger partial charge in [-0.2, -0.15) is 5.10 Å². The molecule has 0 bridgehead atoms. The van der Waals surface area contributed by atoms with Crippen molar-refractivity contribution in [3.8, 4) is 5.75 Å². The molecule has 0 saturated carbocycles. The lowest BCUT2D eigenvalue weighted by Gasteiger charge is -2.32. The minimum absolute atomic E-state index is 0.0461. The van der Waals surface area contributed by atoms with Crippen LogP contribution in [-0.4, -0.2) is 60.8 Å². The van der Waals surface area contributed by atoms with Crippen molar-refractivity contribution in [1.82, 2.24) is 9.91 Å². The number of carbonyl (C=O) groups is 2. The smallest absolute Gasteiger partial charge is 0.309 e. The molecule has 0 spiro atoms. The van der Waals surface area contributed by atoms with E-state index in [0.29, 0.717) is 39.0 Å². The van der Waals surface area contributed by atoms with Crippen LogP contribution in [0.4, 0.5) is 0 Å². The highest BCUT2D eigenvalue weighted by atomic mass is 16.5. The summed E-state index contributed by atoms with van der Waals surface area (Å²) >= 11 is 0. The lowest BCUT2D eigenvalue weighted by molar-refractivity contribution is -0.149. The number of carbonyl (C=O) groups excluding carboxylic acids is 2. The first kappa shape index (κ1) is 24.9. The average molecular weight is 478 g/mol. The van der Waals surface area contributed by atoms with Gasteiger partial charge in [-0.05, 0) is 58.3 Å². The molecule has 1 amide bonds. The number of hydrazone groups is 1. The number of para-hydroxylation sites is 1. The van der Waals surface area contributed by atoms with Crippen LogP contribution in [0.2, 0.25) is 0 Å². The maximum atomic E-state index is 13.6. The van der Waals surface area contributed by atoms with Gasteiger partial charge in [-0.3, -0.25) is 14.5 Å². The lowest BCUT2D eigenvalue weighted by Crippen LogP contribution is -2.43. The van der Waals surface area contributed by atoms with Gasteiger partial charge in [0.25, 0.3) is 5.91 Å². The van der Waals surface area contributed by atoms with Gasteiger partial charge in [-0.15, -0.1) is 0 Å². The Balaban J connectivity index is 1.54. The Hall–Kier alpha value is -3.19. The number of aryl methyl sites for hydroxylation is 2. The number of esters is 1. The minimum Gasteiger partial charge on any atom is -0.496 e. The van der Waals surface area contributed by atoms with E-state index in [-0.39, 0.29) is 30.4 Å². The number of hydrogen-bond acceptors (Lipinski definition) is 6. The van der Waals surface area contributed by atoms with Crippen LogP contribution in [0, 0.1) is 19.8 Å². The number of hydrogen-bond donors (Lipinski definition) is 0. The molecule has 2 aliphatic rings. The maximum absolute atomic E-state index is 13.6. The fraction of sp³-hybridized carbons (Fsp3) is 0.464. The molecule has 2 aromatic carbocycles. The Morgan fingerprint density at radius 1 is 1.09 bits per heavy atom. The summed E-state index contributed by atoms with van der Waals surface area (Å²) in [4.78, 5) is 27.8. The van der Waals surface area contributed by atoms with Crippen molar-refractivity contribution in [3.05, 3.63) is 64.7 Å². The van der Waals surface area contributed by atoms with E-state index in [1.165, 1.54) is 5.56 Å². The van der Waals surface area contributed by atoms with Gasteiger partial charge in [0.2, 0.25) is 0 Å². The van der Waals surface area contributed by atoms with Gasteiger partial charge in [-0.1, -0.05) is 42.0 Å². The predicted molar refractivity (Wildman–Crippen MR) is 135 cm³/mol. The predicted octanol–water partition coefficient (Wildman–Crippen LogP) is 4.26. The van der Waals surface area contributed by atoms with E-state index in [1.54, 1.807) is 12.1 Å². The molecule has 186 valence electrons. The summed E-state index contributed by atoms with van der Waals surface area (Å²) in [5.41, 5.74) is 5.28. The van der Waals surface area contributed by atoms with Crippen LogP contribution in [0.3, 0.4) is 0 Å². The first-order valence-corrected chi connectivity index (χ1v) is 12.4. The highest BCUT2D eigenvalue weighted by Crippen LogP contribution is 2.38. The third-order valence-corrected chi connectivity index (χ3v) is 6.92. The molecule has 2 heterocycles. The van der Waals surface area contributed by atoms with Crippen LogP contribution >= 0.6 is 0 Å². The fourth-order valence-corrected chi connectivity index (χ4v) is 5.08. The SMILES string of the molecule is CCOC(=O)C1CCN(CC(=O)N2N=C(c3ccc(C)cc3C)CC2c2ccccc2OC)CC1. The summed E-state index contributed by atoms with van der Waals surface area (Å²) in [5, 5.41) is 6.50. The second kappa shape index (κ2) is 11.0. The molecule has 0 aliphatic carbocycles. The van der Waals surface area contributed by atoms with Gasteiger partial charge in [-0.25, -0.2) is 5.01 Å². The number of ether oxygens (including phenoxy) is 2. The molecule has 0 radical (unpaired) electrons. The Morgan fingerprint density at radius 3 is 2.51 bits per heavy atom. The Morgan fingerprint density at radius 2 is 1.83 bits per heavy atom. The van der Waals surface area contributed by atoms with Crippen molar-refractivity contribution in [2.45, 2.75) is 46.1 Å². The largest absolute Gasteiger partial charge is 0.496 e. The van der Waals surface area contributed by atoms with E-state index in [4.69, 9.17) is 14.6 Å². The van der Waals surface area contributed by atoms with Crippen LogP contribution in [0.15, 0.2) is 47.6 Å². The normalized spacial score (nSPS) is 18.9. The zero-order valence-corrected chi connectivity index (χ0v) is 21.1. The van der Waals surface area contributed by atoms with E-state index in [9.17, 15) is 9.59 Å². The van der Waals surface area contributed by atoms with E-state index in [1.807, 2.05) is 31.2 Å². The van der Waals surface area contributed by atoms with E-state index in [2.05, 4.69) is 36.9 Å². The summed E-state index contributed by atoms with van der Waals surface area (Å²) in [6.45, 7) is 8.04. The molecule has 7 nitrogen and oxygen atoms in total. The van der Waals surface area contributed by atoms with Crippen LogP contribution in [0.1, 0.15) is 54.5 Å². The van der Waals surface area contributed by atoms with Crippen LogP contribution in [-0.2, 0) is 14.3 Å². The van der Waals surface area contributed by atoms with E-state index < -0.39 is 0 Å². The second-order valence-corrected chi connectivity index (χ2v) is 9.37. The molecule has 0 N–H and O–H groups in total. The summed E-state index contributed by atoms with van der Waals surface area (Å²) in [5.74, 6) is 0.499. The molecule has 4 rings (SSSR count). The van der Waals surface area contributed by atoms with Gasteiger partial charge in [0.15, 0.2) is 0 Å². The van der Waals surface area contributed by atoms with Gasteiger partial charge in [0.05, 0.1) is 37.9 Å². The zero-order chi connectivity index (χ0) is 24.9. The molecule has 0 aromatic heterocycles.